The molecule has 7 heteroatoms. The molecule has 3 heterocycles. The standard InChI is InChI=1S/C26H29FN2O4/c1-15(14-32-21-7-9-22(16(2)30)24(13-21)31-3)29-19-5-6-20(29)11-17(10-19)26-23-8-4-18(27)12-25(23)33-28-26/h4,7-9,12-13,15,17,19-20H,5-6,10-11,14H2,1-3H3. The number of methoxy groups -OCH3 is 1. The Morgan fingerprint density at radius 1 is 1.21 bits per heavy atom. The molecule has 2 aromatic carbocycles. The molecule has 5 rings (SSSR count). The predicted molar refractivity (Wildman–Crippen MR) is 123 cm³/mol. The molecular formula is C26H29FN2O4. The minimum Gasteiger partial charge on any atom is -0.496 e. The zero-order chi connectivity index (χ0) is 23.1. The van der Waals surface area contributed by atoms with Crippen LogP contribution < -0.4 is 9.47 Å². The average molecular weight is 453 g/mol. The van der Waals surface area contributed by atoms with E-state index in [1.165, 1.54) is 19.1 Å². The lowest BCUT2D eigenvalue weighted by Gasteiger charge is -2.42. The van der Waals surface area contributed by atoms with Crippen LogP contribution in [-0.4, -0.2) is 47.7 Å². The van der Waals surface area contributed by atoms with Crippen molar-refractivity contribution in [2.45, 2.75) is 63.6 Å². The first kappa shape index (κ1) is 21.9. The van der Waals surface area contributed by atoms with Crippen LogP contribution in [0.5, 0.6) is 11.5 Å². The van der Waals surface area contributed by atoms with E-state index in [2.05, 4.69) is 17.0 Å². The molecule has 0 amide bonds. The monoisotopic (exact) mass is 452 g/mol. The first-order chi connectivity index (χ1) is 15.9. The molecule has 0 N–H and O–H groups in total. The number of halogens is 1. The minimum absolute atomic E-state index is 0.0313. The van der Waals surface area contributed by atoms with Gasteiger partial charge in [0.2, 0.25) is 0 Å². The zero-order valence-electron chi connectivity index (χ0n) is 19.2. The summed E-state index contributed by atoms with van der Waals surface area (Å²) in [6.45, 7) is 4.30. The van der Waals surface area contributed by atoms with Crippen molar-refractivity contribution in [1.29, 1.82) is 0 Å². The number of hydrogen-bond acceptors (Lipinski definition) is 6. The molecule has 2 fully saturated rings. The molecule has 2 bridgehead atoms. The van der Waals surface area contributed by atoms with Crippen LogP contribution in [0.3, 0.4) is 0 Å². The third-order valence-corrected chi connectivity index (χ3v) is 7.19. The van der Waals surface area contributed by atoms with Gasteiger partial charge < -0.3 is 14.0 Å². The van der Waals surface area contributed by atoms with Crippen molar-refractivity contribution in [1.82, 2.24) is 10.1 Å². The molecule has 0 spiro atoms. The van der Waals surface area contributed by atoms with Gasteiger partial charge in [-0.1, -0.05) is 5.16 Å². The van der Waals surface area contributed by atoms with Crippen LogP contribution >= 0.6 is 0 Å². The smallest absolute Gasteiger partial charge is 0.170 e. The van der Waals surface area contributed by atoms with Gasteiger partial charge in [-0.25, -0.2) is 4.39 Å². The fourth-order valence-electron chi connectivity index (χ4n) is 5.74. The van der Waals surface area contributed by atoms with Gasteiger partial charge in [0, 0.05) is 41.6 Å². The summed E-state index contributed by atoms with van der Waals surface area (Å²) in [7, 11) is 1.56. The highest BCUT2D eigenvalue weighted by Gasteiger charge is 2.44. The molecule has 0 radical (unpaired) electrons. The lowest BCUT2D eigenvalue weighted by molar-refractivity contribution is 0.0572. The quantitative estimate of drug-likeness (QED) is 0.450. The molecule has 6 nitrogen and oxygen atoms in total. The van der Waals surface area contributed by atoms with Gasteiger partial charge in [0.1, 0.15) is 23.9 Å². The van der Waals surface area contributed by atoms with Gasteiger partial charge >= 0.3 is 0 Å². The molecule has 2 saturated heterocycles. The number of hydrogen-bond donors (Lipinski definition) is 0. The summed E-state index contributed by atoms with van der Waals surface area (Å²) in [6.07, 6.45) is 4.36. The second kappa shape index (κ2) is 8.78. The number of ketones is 1. The van der Waals surface area contributed by atoms with Crippen molar-refractivity contribution >= 4 is 16.8 Å². The molecular weight excluding hydrogens is 423 g/mol. The molecule has 3 aromatic rings. The Balaban J connectivity index is 1.25. The van der Waals surface area contributed by atoms with Crippen molar-refractivity contribution in [2.24, 2.45) is 0 Å². The molecule has 0 saturated carbocycles. The molecule has 1 aromatic heterocycles. The molecule has 0 aliphatic carbocycles. The van der Waals surface area contributed by atoms with Crippen LogP contribution in [0, 0.1) is 5.82 Å². The van der Waals surface area contributed by atoms with Crippen molar-refractivity contribution < 1.29 is 23.2 Å². The van der Waals surface area contributed by atoms with E-state index >= 15 is 0 Å². The van der Waals surface area contributed by atoms with Crippen LogP contribution in [0.15, 0.2) is 40.9 Å². The number of nitrogens with zero attached hydrogens (tertiary/aromatic N) is 2. The summed E-state index contributed by atoms with van der Waals surface area (Å²) < 4.78 is 30.4. The second-order valence-corrected chi connectivity index (χ2v) is 9.29. The highest BCUT2D eigenvalue weighted by atomic mass is 19.1. The maximum atomic E-state index is 13.5. The number of piperidine rings is 1. The van der Waals surface area contributed by atoms with E-state index in [1.54, 1.807) is 25.3 Å². The molecule has 174 valence electrons. The van der Waals surface area contributed by atoms with Crippen LogP contribution in [0.2, 0.25) is 0 Å². The van der Waals surface area contributed by atoms with Crippen LogP contribution in [0.25, 0.3) is 11.0 Å². The van der Waals surface area contributed by atoms with Crippen molar-refractivity contribution in [3.63, 3.8) is 0 Å². The third kappa shape index (κ3) is 4.10. The lowest BCUT2D eigenvalue weighted by Crippen LogP contribution is -2.49. The van der Waals surface area contributed by atoms with E-state index in [0.29, 0.717) is 47.3 Å². The Hall–Kier alpha value is -2.93. The number of ether oxygens (including phenoxy) is 2. The maximum absolute atomic E-state index is 13.5. The molecule has 3 unspecified atom stereocenters. The van der Waals surface area contributed by atoms with Crippen LogP contribution in [0.4, 0.5) is 4.39 Å². The predicted octanol–water partition coefficient (Wildman–Crippen LogP) is 5.36. The van der Waals surface area contributed by atoms with Crippen LogP contribution in [-0.2, 0) is 0 Å². The molecule has 33 heavy (non-hydrogen) atoms. The number of rotatable bonds is 7. The van der Waals surface area contributed by atoms with Gasteiger partial charge in [-0.3, -0.25) is 9.69 Å². The van der Waals surface area contributed by atoms with E-state index in [0.717, 1.165) is 36.8 Å². The Bertz CT molecular complexity index is 1160. The molecule has 2 aliphatic rings. The Morgan fingerprint density at radius 2 is 1.97 bits per heavy atom. The SMILES string of the molecule is COc1cc(OCC(C)N2C3CCC2CC(c2noc4cc(F)ccc24)C3)ccc1C(C)=O. The van der Waals surface area contributed by atoms with E-state index in [4.69, 9.17) is 14.0 Å². The first-order valence-electron chi connectivity index (χ1n) is 11.6. The Labute approximate surface area is 192 Å². The van der Waals surface area contributed by atoms with Gasteiger partial charge in [-0.05, 0) is 63.8 Å². The summed E-state index contributed by atoms with van der Waals surface area (Å²) in [6, 6.07) is 11.2. The van der Waals surface area contributed by atoms with Gasteiger partial charge in [0.15, 0.2) is 11.4 Å². The van der Waals surface area contributed by atoms with Gasteiger partial charge in [0.05, 0.1) is 18.4 Å². The fourth-order valence-corrected chi connectivity index (χ4v) is 5.74. The number of benzene rings is 2. The van der Waals surface area contributed by atoms with Gasteiger partial charge in [0.25, 0.3) is 0 Å². The number of carbonyl (C=O) groups is 1. The number of fused-ring (bicyclic) bond motifs is 3. The van der Waals surface area contributed by atoms with E-state index in [9.17, 15) is 9.18 Å². The number of carbonyl (C=O) groups excluding carboxylic acids is 1. The van der Waals surface area contributed by atoms with E-state index in [1.807, 2.05) is 6.07 Å². The fraction of sp³-hybridized carbons (Fsp3) is 0.462. The molecule has 3 atom stereocenters. The second-order valence-electron chi connectivity index (χ2n) is 9.29. The minimum atomic E-state index is -0.303. The Morgan fingerprint density at radius 3 is 2.67 bits per heavy atom. The maximum Gasteiger partial charge on any atom is 0.170 e. The lowest BCUT2D eigenvalue weighted by atomic mass is 9.86. The van der Waals surface area contributed by atoms with E-state index in [-0.39, 0.29) is 17.6 Å². The highest BCUT2D eigenvalue weighted by Crippen LogP contribution is 2.45. The summed E-state index contributed by atoms with van der Waals surface area (Å²) >= 11 is 0. The third-order valence-electron chi connectivity index (χ3n) is 7.19. The van der Waals surface area contributed by atoms with Crippen LogP contribution in [0.1, 0.15) is 61.5 Å². The van der Waals surface area contributed by atoms with Gasteiger partial charge in [-0.15, -0.1) is 0 Å². The average Bonchev–Trinajstić information content (AvgIpc) is 3.34. The highest BCUT2D eigenvalue weighted by molar-refractivity contribution is 5.97. The normalized spacial score (nSPS) is 23.6. The summed E-state index contributed by atoms with van der Waals surface area (Å²) in [5, 5.41) is 5.24. The number of aromatic nitrogens is 1. The topological polar surface area (TPSA) is 64.8 Å². The molecule has 2 aliphatic heterocycles. The number of Topliss-reactive ketones (excluding diaryl/α,β-unsaturated/α-hetero) is 1. The largest absolute Gasteiger partial charge is 0.496 e. The zero-order valence-corrected chi connectivity index (χ0v) is 19.2. The van der Waals surface area contributed by atoms with Crippen molar-refractivity contribution in [2.75, 3.05) is 13.7 Å². The summed E-state index contributed by atoms with van der Waals surface area (Å²) in [4.78, 5) is 14.3. The van der Waals surface area contributed by atoms with Crippen molar-refractivity contribution in [3.05, 3.63) is 53.5 Å². The Kier molecular flexibility index (Phi) is 5.83. The van der Waals surface area contributed by atoms with Gasteiger partial charge in [-0.2, -0.15) is 0 Å². The van der Waals surface area contributed by atoms with E-state index < -0.39 is 0 Å². The van der Waals surface area contributed by atoms with Crippen molar-refractivity contribution in [3.8, 4) is 11.5 Å². The summed E-state index contributed by atoms with van der Waals surface area (Å²) in [5.41, 5.74) is 2.04. The summed E-state index contributed by atoms with van der Waals surface area (Å²) in [5.74, 6) is 1.22. The first-order valence-corrected chi connectivity index (χ1v) is 11.6.